The molecule has 8 aromatic carbocycles. The quantitative estimate of drug-likeness (QED) is 0.134. The first-order chi connectivity index (χ1) is 43.5. The van der Waals surface area contributed by atoms with Crippen LogP contribution < -0.4 is 10.6 Å². The minimum Gasteiger partial charge on any atom is -0.508 e. The maximum Gasteiger partial charge on any atom is 0.416 e. The SMILES string of the molecule is C.CC(C)c1cc(N2CCOCC2)ccc1Br.CC(C)c1ccc(F)cc1Br.CC(C)c1cccc(C(N)=O)c1.CC(C)c1cccc(O)c1.CC(C)c1ccccc1C(F)(F)F.CC(C)c1ccccc1F.Cc1cc(F)ccc1C(C)C.Cc1cccc(C(C)C)c1. The zero-order valence-corrected chi connectivity index (χ0v) is 61.2. The number of phenols is 1. The van der Waals surface area contributed by atoms with E-state index in [-0.39, 0.29) is 42.6 Å². The van der Waals surface area contributed by atoms with Crippen LogP contribution in [0.1, 0.15) is 237 Å². The number of nitrogens with two attached hydrogens (primary N) is 1. The van der Waals surface area contributed by atoms with Crippen molar-refractivity contribution in [3.8, 4) is 5.75 Å². The maximum atomic E-state index is 12.8. The van der Waals surface area contributed by atoms with Crippen molar-refractivity contribution in [2.75, 3.05) is 31.2 Å². The Kier molecular flexibility index (Phi) is 39.4. The number of carbonyl (C=O) groups excluding carboxylic acids is 1. The molecule has 514 valence electrons. The number of amides is 1. The minimum atomic E-state index is -4.24. The lowest BCUT2D eigenvalue weighted by Gasteiger charge is -2.29. The second-order valence-electron chi connectivity index (χ2n) is 25.3. The van der Waals surface area contributed by atoms with E-state index >= 15 is 0 Å². The fourth-order valence-electron chi connectivity index (χ4n) is 9.41. The molecule has 0 radical (unpaired) electrons. The zero-order chi connectivity index (χ0) is 70.3. The van der Waals surface area contributed by atoms with Crippen molar-refractivity contribution < 1.29 is 41.0 Å². The summed E-state index contributed by atoms with van der Waals surface area (Å²) in [4.78, 5) is 13.2. The summed E-state index contributed by atoms with van der Waals surface area (Å²) in [7, 11) is 0. The van der Waals surface area contributed by atoms with Gasteiger partial charge in [0, 0.05) is 33.3 Å². The van der Waals surface area contributed by atoms with E-state index < -0.39 is 11.7 Å². The Hall–Kier alpha value is -6.67. The Balaban J connectivity index is 0.000000539. The summed E-state index contributed by atoms with van der Waals surface area (Å²) < 4.78 is 82.7. The molecule has 0 saturated carbocycles. The number of aromatic hydroxyl groups is 1. The van der Waals surface area contributed by atoms with E-state index in [1.807, 2.05) is 75.4 Å². The molecule has 94 heavy (non-hydrogen) atoms. The highest BCUT2D eigenvalue weighted by Crippen LogP contribution is 2.35. The smallest absolute Gasteiger partial charge is 0.416 e. The number of hydrogen-bond acceptors (Lipinski definition) is 4. The second-order valence-corrected chi connectivity index (χ2v) is 27.0. The molecule has 3 N–H and O–H groups in total. The molecule has 0 unspecified atom stereocenters. The molecule has 0 spiro atoms. The maximum absolute atomic E-state index is 12.8. The molecular formula is C81H106Br2F6N2O3. The summed E-state index contributed by atoms with van der Waals surface area (Å²) in [6, 6.07) is 52.4. The molecule has 5 nitrogen and oxygen atoms in total. The van der Waals surface area contributed by atoms with E-state index in [1.54, 1.807) is 50.2 Å². The Morgan fingerprint density at radius 1 is 0.468 bits per heavy atom. The third-order valence-electron chi connectivity index (χ3n) is 14.9. The molecule has 1 aliphatic heterocycles. The number of ether oxygens (including phenoxy) is 1. The second kappa shape index (κ2) is 43.4. The lowest BCUT2D eigenvalue weighted by atomic mass is 9.97. The molecular weight excluding hydrogens is 1320 g/mol. The normalized spacial score (nSPS) is 11.7. The van der Waals surface area contributed by atoms with Gasteiger partial charge in [0.05, 0.1) is 18.8 Å². The van der Waals surface area contributed by atoms with Crippen molar-refractivity contribution in [3.05, 3.63) is 269 Å². The van der Waals surface area contributed by atoms with Crippen LogP contribution in [0.2, 0.25) is 0 Å². The number of rotatable bonds is 10. The monoisotopic (exact) mass is 1430 g/mol. The van der Waals surface area contributed by atoms with Gasteiger partial charge in [0.15, 0.2) is 0 Å². The highest BCUT2D eigenvalue weighted by molar-refractivity contribution is 9.10. The van der Waals surface area contributed by atoms with E-state index in [1.165, 1.54) is 74.4 Å². The molecule has 1 aliphatic rings. The van der Waals surface area contributed by atoms with Gasteiger partial charge >= 0.3 is 6.18 Å². The first kappa shape index (κ1) is 85.3. The van der Waals surface area contributed by atoms with Gasteiger partial charge in [-0.3, -0.25) is 4.79 Å². The van der Waals surface area contributed by atoms with Crippen molar-refractivity contribution in [2.45, 2.75) is 186 Å². The molecule has 13 heteroatoms. The molecule has 9 rings (SSSR count). The number of hydrogen-bond donors (Lipinski definition) is 2. The summed E-state index contributed by atoms with van der Waals surface area (Å²) in [5.41, 5.74) is 17.6. The van der Waals surface area contributed by atoms with Crippen LogP contribution in [0, 0.1) is 31.3 Å². The van der Waals surface area contributed by atoms with E-state index in [4.69, 9.17) is 15.6 Å². The van der Waals surface area contributed by atoms with Crippen LogP contribution in [0.3, 0.4) is 0 Å². The number of halogens is 8. The van der Waals surface area contributed by atoms with E-state index in [0.29, 0.717) is 52.4 Å². The number of primary amides is 1. The number of phenolic OH excluding ortho intramolecular Hbond substituents is 1. The molecule has 0 bridgehead atoms. The predicted molar refractivity (Wildman–Crippen MR) is 394 cm³/mol. The van der Waals surface area contributed by atoms with Gasteiger partial charge in [-0.2, -0.15) is 13.2 Å². The largest absolute Gasteiger partial charge is 0.508 e. The fraction of sp³-hybridized carbons (Fsp3) is 0.395. The van der Waals surface area contributed by atoms with Gasteiger partial charge < -0.3 is 20.5 Å². The Bertz CT molecular complexity index is 3360. The summed E-state index contributed by atoms with van der Waals surface area (Å²) in [6.45, 7) is 40.9. The molecule has 1 heterocycles. The van der Waals surface area contributed by atoms with Crippen molar-refractivity contribution in [3.63, 3.8) is 0 Å². The topological polar surface area (TPSA) is 75.8 Å². The number of morpholine rings is 1. The van der Waals surface area contributed by atoms with Crippen LogP contribution in [0.25, 0.3) is 0 Å². The highest BCUT2D eigenvalue weighted by Gasteiger charge is 2.33. The third-order valence-corrected chi connectivity index (χ3v) is 16.3. The van der Waals surface area contributed by atoms with Crippen LogP contribution in [-0.4, -0.2) is 37.3 Å². The van der Waals surface area contributed by atoms with E-state index in [2.05, 4.69) is 169 Å². The van der Waals surface area contributed by atoms with Crippen molar-refractivity contribution >= 4 is 43.5 Å². The summed E-state index contributed by atoms with van der Waals surface area (Å²) >= 11 is 6.92. The predicted octanol–water partition coefficient (Wildman–Crippen LogP) is 25.3. The summed E-state index contributed by atoms with van der Waals surface area (Å²) in [6.07, 6.45) is -4.24. The Labute approximate surface area is 578 Å². The molecule has 0 atom stereocenters. The van der Waals surface area contributed by atoms with Crippen LogP contribution in [0.5, 0.6) is 5.75 Å². The average Bonchev–Trinajstić information content (AvgIpc) is 0.973. The Morgan fingerprint density at radius 3 is 1.34 bits per heavy atom. The van der Waals surface area contributed by atoms with Gasteiger partial charge in [-0.25, -0.2) is 13.2 Å². The van der Waals surface area contributed by atoms with Gasteiger partial charge in [-0.05, 0) is 190 Å². The van der Waals surface area contributed by atoms with Gasteiger partial charge in [-0.15, -0.1) is 0 Å². The fourth-order valence-corrected chi connectivity index (χ4v) is 10.9. The molecule has 1 amide bonds. The van der Waals surface area contributed by atoms with Crippen molar-refractivity contribution in [2.24, 2.45) is 5.73 Å². The number of anilines is 1. The zero-order valence-electron chi connectivity index (χ0n) is 58.0. The number of benzene rings is 8. The van der Waals surface area contributed by atoms with Crippen LogP contribution in [0.15, 0.2) is 185 Å². The summed E-state index contributed by atoms with van der Waals surface area (Å²) in [5, 5.41) is 9.06. The van der Waals surface area contributed by atoms with Crippen molar-refractivity contribution in [1.29, 1.82) is 0 Å². The third kappa shape index (κ3) is 31.7. The first-order valence-electron chi connectivity index (χ1n) is 32.0. The molecule has 8 aromatic rings. The lowest BCUT2D eigenvalue weighted by Crippen LogP contribution is -2.36. The standard InChI is InChI=1S/C13H18BrNO.C10H11F3.C10H13F.C10H13NO.C10H14.C9H10BrF.C9H11F.C9H12O.CH4/c1-10(2)12-9-11(3-4-13(12)14)15-5-7-16-8-6-15;1-7(2)8-5-3-4-6-9(8)10(11,12)13;1-7(2)10-5-4-9(11)6-8(10)3;1-7(2)8-4-3-5-9(6-8)10(11)12;1-8(2)10-6-4-5-9(3)7-10;1-6(2)8-4-3-7(11)5-9(8)10;1-7(2)8-5-3-4-6-9(8)10;1-7(2)8-4-3-5-9(10)6-8;/h3-4,9-10H,5-8H2,1-2H3;3-7H,1-2H3;4-7H,1-3H3;3-7H,1-2H3,(H2,11,12);4-8H,1-3H3;3-6H,1-2H3;3-7H,1-2H3;3-7,10H,1-2H3;1H4. The van der Waals surface area contributed by atoms with Crippen LogP contribution in [-0.2, 0) is 10.9 Å². The van der Waals surface area contributed by atoms with Gasteiger partial charge in [0.2, 0.25) is 5.91 Å². The molecule has 0 aromatic heterocycles. The van der Waals surface area contributed by atoms with E-state index in [0.717, 1.165) is 59.1 Å². The first-order valence-corrected chi connectivity index (χ1v) is 33.6. The number of carbonyl (C=O) groups is 1. The van der Waals surface area contributed by atoms with E-state index in [9.17, 15) is 31.1 Å². The van der Waals surface area contributed by atoms with Crippen LogP contribution in [0.4, 0.5) is 32.0 Å². The minimum absolute atomic E-state index is 0. The number of nitrogens with zero attached hydrogens (tertiary/aromatic N) is 1. The molecule has 0 aliphatic carbocycles. The van der Waals surface area contributed by atoms with Crippen LogP contribution >= 0.6 is 31.9 Å². The lowest BCUT2D eigenvalue weighted by molar-refractivity contribution is -0.138. The van der Waals surface area contributed by atoms with Gasteiger partial charge in [-0.1, -0.05) is 253 Å². The summed E-state index contributed by atoms with van der Waals surface area (Å²) in [5.74, 6) is 2.78. The number of aryl methyl sites for hydroxylation is 2. The molecule has 1 fully saturated rings. The molecule has 1 saturated heterocycles. The Morgan fingerprint density at radius 2 is 0.926 bits per heavy atom. The van der Waals surface area contributed by atoms with Gasteiger partial charge in [0.1, 0.15) is 23.2 Å². The van der Waals surface area contributed by atoms with Crippen molar-refractivity contribution in [1.82, 2.24) is 0 Å². The highest BCUT2D eigenvalue weighted by atomic mass is 79.9. The average molecular weight is 1430 g/mol. The van der Waals surface area contributed by atoms with Gasteiger partial charge in [0.25, 0.3) is 0 Å². The number of alkyl halides is 3.